The quantitative estimate of drug-likeness (QED) is 0.317. The highest BCUT2D eigenvalue weighted by Crippen LogP contribution is 2.35. The zero-order valence-corrected chi connectivity index (χ0v) is 18.0. The highest BCUT2D eigenvalue weighted by Gasteiger charge is 2.17. The summed E-state index contributed by atoms with van der Waals surface area (Å²) in [6.07, 6.45) is 2.95. The van der Waals surface area contributed by atoms with Crippen molar-refractivity contribution in [3.05, 3.63) is 88.6 Å². The van der Waals surface area contributed by atoms with E-state index in [9.17, 15) is 0 Å². The normalized spacial score (nSPS) is 11.5. The molecule has 0 amide bonds. The Kier molecular flexibility index (Phi) is 4.56. The lowest BCUT2D eigenvalue weighted by Gasteiger charge is -2.08. The molecule has 0 unspecified atom stereocenters. The number of hydrogen-bond donors (Lipinski definition) is 0. The number of rotatable bonds is 3. The highest BCUT2D eigenvalue weighted by atomic mass is 35.5. The smallest absolute Gasteiger partial charge is 0.102 e. The van der Waals surface area contributed by atoms with Crippen molar-refractivity contribution in [3.63, 3.8) is 0 Å². The Morgan fingerprint density at radius 2 is 1.67 bits per heavy atom. The third-order valence-electron chi connectivity index (χ3n) is 5.84. The Labute approximate surface area is 180 Å². The predicted molar refractivity (Wildman–Crippen MR) is 126 cm³/mol. The molecule has 2 heterocycles. The van der Waals surface area contributed by atoms with Crippen LogP contribution in [0.15, 0.2) is 66.9 Å². The van der Waals surface area contributed by atoms with Crippen LogP contribution in [0.5, 0.6) is 0 Å². The van der Waals surface area contributed by atoms with Crippen molar-refractivity contribution in [2.75, 3.05) is 0 Å². The molecule has 0 aliphatic heterocycles. The van der Waals surface area contributed by atoms with Gasteiger partial charge in [0.1, 0.15) is 5.69 Å². The molecule has 0 atom stereocenters. The largest absolute Gasteiger partial charge is 0.255 e. The van der Waals surface area contributed by atoms with Gasteiger partial charge in [-0.05, 0) is 67.3 Å². The van der Waals surface area contributed by atoms with Crippen molar-refractivity contribution < 1.29 is 0 Å². The molecule has 4 heteroatoms. The second-order valence-electron chi connectivity index (χ2n) is 7.76. The highest BCUT2D eigenvalue weighted by molar-refractivity contribution is 6.31. The molecule has 3 nitrogen and oxygen atoms in total. The van der Waals surface area contributed by atoms with E-state index in [-0.39, 0.29) is 0 Å². The number of aryl methyl sites for hydroxylation is 3. The van der Waals surface area contributed by atoms with Gasteiger partial charge in [0.2, 0.25) is 0 Å². The van der Waals surface area contributed by atoms with Crippen molar-refractivity contribution in [2.45, 2.75) is 27.2 Å². The maximum Gasteiger partial charge on any atom is 0.102 e. The predicted octanol–water partition coefficient (Wildman–Crippen LogP) is 7.07. The zero-order valence-electron chi connectivity index (χ0n) is 17.3. The van der Waals surface area contributed by atoms with E-state index in [1.807, 2.05) is 29.1 Å². The summed E-state index contributed by atoms with van der Waals surface area (Å²) in [4.78, 5) is 4.70. The monoisotopic (exact) mass is 411 g/mol. The molecule has 148 valence electrons. The maximum absolute atomic E-state index is 6.36. The van der Waals surface area contributed by atoms with Crippen LogP contribution >= 0.6 is 11.6 Å². The van der Waals surface area contributed by atoms with Crippen LogP contribution in [0.25, 0.3) is 38.8 Å². The van der Waals surface area contributed by atoms with Gasteiger partial charge < -0.3 is 0 Å². The first-order chi connectivity index (χ1) is 14.5. The number of fused-ring (bicyclic) bond motifs is 3. The second-order valence-corrected chi connectivity index (χ2v) is 8.20. The van der Waals surface area contributed by atoms with E-state index in [0.717, 1.165) is 45.2 Å². The van der Waals surface area contributed by atoms with Gasteiger partial charge in [0.15, 0.2) is 0 Å². The van der Waals surface area contributed by atoms with Gasteiger partial charge in [-0.2, -0.15) is 5.10 Å². The summed E-state index contributed by atoms with van der Waals surface area (Å²) in [7, 11) is 0. The minimum absolute atomic E-state index is 0.693. The molecule has 5 rings (SSSR count). The molecule has 0 saturated heterocycles. The van der Waals surface area contributed by atoms with Gasteiger partial charge in [-0.15, -0.1) is 0 Å². The van der Waals surface area contributed by atoms with E-state index < -0.39 is 0 Å². The van der Waals surface area contributed by atoms with Crippen molar-refractivity contribution in [1.82, 2.24) is 14.8 Å². The fourth-order valence-corrected chi connectivity index (χ4v) is 4.08. The topological polar surface area (TPSA) is 30.7 Å². The maximum atomic E-state index is 6.36. The fourth-order valence-electron chi connectivity index (χ4n) is 3.91. The van der Waals surface area contributed by atoms with Gasteiger partial charge in [0.25, 0.3) is 0 Å². The first kappa shape index (κ1) is 18.8. The van der Waals surface area contributed by atoms with Crippen molar-refractivity contribution in [1.29, 1.82) is 0 Å². The first-order valence-corrected chi connectivity index (χ1v) is 10.6. The van der Waals surface area contributed by atoms with Gasteiger partial charge in [-0.1, -0.05) is 48.9 Å². The molecule has 30 heavy (non-hydrogen) atoms. The summed E-state index contributed by atoms with van der Waals surface area (Å²) in [6, 6.07) is 20.9. The van der Waals surface area contributed by atoms with E-state index in [2.05, 4.69) is 63.2 Å². The zero-order chi connectivity index (χ0) is 20.8. The molecule has 2 aromatic heterocycles. The molecular formula is C26H22ClN3. The number of hydrogen-bond acceptors (Lipinski definition) is 2. The number of aromatic nitrogens is 3. The summed E-state index contributed by atoms with van der Waals surface area (Å²) in [6.45, 7) is 6.42. The molecule has 0 saturated carbocycles. The Morgan fingerprint density at radius 1 is 0.867 bits per heavy atom. The van der Waals surface area contributed by atoms with Crippen molar-refractivity contribution in [2.24, 2.45) is 0 Å². The molecule has 0 spiro atoms. The van der Waals surface area contributed by atoms with Gasteiger partial charge in [-0.25, -0.2) is 4.68 Å². The van der Waals surface area contributed by atoms with E-state index in [1.54, 1.807) is 0 Å². The number of halogens is 1. The standard InChI is InChI=1S/C26H22ClN3/c1-4-18-6-8-19(9-7-18)25-23-15-28-24-12-10-20(27)14-22(24)26(23)30(29-25)21-11-5-16(2)17(3)13-21/h5-15H,4H2,1-3H3. The van der Waals surface area contributed by atoms with Crippen LogP contribution in [0.2, 0.25) is 5.02 Å². The van der Waals surface area contributed by atoms with E-state index in [1.165, 1.54) is 16.7 Å². The molecule has 0 N–H and O–H groups in total. The van der Waals surface area contributed by atoms with Gasteiger partial charge >= 0.3 is 0 Å². The van der Waals surface area contributed by atoms with Gasteiger partial charge in [-0.3, -0.25) is 4.98 Å². The average molecular weight is 412 g/mol. The Morgan fingerprint density at radius 3 is 2.40 bits per heavy atom. The van der Waals surface area contributed by atoms with E-state index >= 15 is 0 Å². The molecule has 3 aromatic carbocycles. The van der Waals surface area contributed by atoms with Gasteiger partial charge in [0.05, 0.1) is 16.7 Å². The molecule has 0 aliphatic carbocycles. The molecule has 5 aromatic rings. The van der Waals surface area contributed by atoms with Crippen molar-refractivity contribution >= 4 is 33.4 Å². The summed E-state index contributed by atoms with van der Waals surface area (Å²) >= 11 is 6.36. The fraction of sp³-hybridized carbons (Fsp3) is 0.154. The van der Waals surface area contributed by atoms with Crippen LogP contribution in [0.4, 0.5) is 0 Å². The van der Waals surface area contributed by atoms with Crippen LogP contribution in [0.3, 0.4) is 0 Å². The summed E-state index contributed by atoms with van der Waals surface area (Å²) in [5.41, 5.74) is 8.80. The lowest BCUT2D eigenvalue weighted by Crippen LogP contribution is -1.98. The Balaban J connectivity index is 1.86. The van der Waals surface area contributed by atoms with Crippen molar-refractivity contribution in [3.8, 4) is 16.9 Å². The number of pyridine rings is 1. The third kappa shape index (κ3) is 3.06. The summed E-state index contributed by atoms with van der Waals surface area (Å²) in [5.74, 6) is 0. The van der Waals surface area contributed by atoms with Gasteiger partial charge in [0, 0.05) is 27.6 Å². The minimum Gasteiger partial charge on any atom is -0.255 e. The Hall–Kier alpha value is -3.17. The first-order valence-electron chi connectivity index (χ1n) is 10.2. The van der Waals surface area contributed by atoms with Crippen LogP contribution in [-0.2, 0) is 6.42 Å². The lowest BCUT2D eigenvalue weighted by molar-refractivity contribution is 0.915. The summed E-state index contributed by atoms with van der Waals surface area (Å²) < 4.78 is 2.03. The lowest BCUT2D eigenvalue weighted by atomic mass is 10.0. The molecule has 0 fully saturated rings. The molecule has 0 radical (unpaired) electrons. The second kappa shape index (κ2) is 7.26. The van der Waals surface area contributed by atoms with Crippen LogP contribution < -0.4 is 0 Å². The molecule has 0 aliphatic rings. The number of nitrogens with zero attached hydrogens (tertiary/aromatic N) is 3. The van der Waals surface area contributed by atoms with Crippen LogP contribution in [0, 0.1) is 13.8 Å². The summed E-state index contributed by atoms with van der Waals surface area (Å²) in [5, 5.41) is 7.79. The minimum atomic E-state index is 0.693. The van der Waals surface area contributed by atoms with Crippen LogP contribution in [0.1, 0.15) is 23.6 Å². The van der Waals surface area contributed by atoms with E-state index in [4.69, 9.17) is 21.7 Å². The van der Waals surface area contributed by atoms with E-state index in [0.29, 0.717) is 5.02 Å². The average Bonchev–Trinajstić information content (AvgIpc) is 3.16. The molecule has 0 bridgehead atoms. The SMILES string of the molecule is CCc1ccc(-c2nn(-c3ccc(C)c(C)c3)c3c2cnc2ccc(Cl)cc23)cc1. The molecular weight excluding hydrogens is 390 g/mol. The third-order valence-corrected chi connectivity index (χ3v) is 6.07. The number of benzene rings is 3. The Bertz CT molecular complexity index is 1400. The van der Waals surface area contributed by atoms with Crippen LogP contribution in [-0.4, -0.2) is 14.8 Å².